The van der Waals surface area contributed by atoms with E-state index in [0.717, 1.165) is 38.5 Å². The van der Waals surface area contributed by atoms with Gasteiger partial charge in [0.15, 0.2) is 5.66 Å². The minimum Gasteiger partial charge on any atom is -0.465 e. The van der Waals surface area contributed by atoms with Gasteiger partial charge in [-0.25, -0.2) is 9.59 Å². The fraction of sp³-hybridized carbons (Fsp3) is 0.869. The van der Waals surface area contributed by atoms with Crippen molar-refractivity contribution in [3.05, 3.63) is 71.8 Å². The van der Waals surface area contributed by atoms with Crippen molar-refractivity contribution < 1.29 is 19.8 Å². The van der Waals surface area contributed by atoms with E-state index in [1.54, 1.807) is 0 Å². The number of carbonyl (C=O) groups is 2. The van der Waals surface area contributed by atoms with Crippen molar-refractivity contribution in [1.82, 2.24) is 9.80 Å². The molecule has 0 aliphatic rings. The van der Waals surface area contributed by atoms with Gasteiger partial charge < -0.3 is 10.2 Å². The van der Waals surface area contributed by atoms with Crippen LogP contribution in [-0.4, -0.2) is 45.3 Å². The summed E-state index contributed by atoms with van der Waals surface area (Å²) in [5, 5.41) is 22.3. The highest BCUT2D eigenvalue weighted by Crippen LogP contribution is 2.41. The first kappa shape index (κ1) is 106. The molecule has 2 aromatic carbocycles. The summed E-state index contributed by atoms with van der Waals surface area (Å²) < 4.78 is 0. The second-order valence-electron chi connectivity index (χ2n) is 36.7. The van der Waals surface area contributed by atoms with Crippen LogP contribution in [0.4, 0.5) is 9.59 Å². The third kappa shape index (κ3) is 66.5. The zero-order valence-electron chi connectivity index (χ0n) is 76.5. The first-order chi connectivity index (χ1) is 56.0. The molecule has 660 valence electrons. The molecule has 0 saturated heterocycles. The largest absolute Gasteiger partial charge is 0.465 e. The van der Waals surface area contributed by atoms with E-state index in [1.165, 1.54) is 523 Å². The molecule has 2 N–H and O–H groups in total. The van der Waals surface area contributed by atoms with E-state index in [2.05, 4.69) is 13.8 Å². The summed E-state index contributed by atoms with van der Waals surface area (Å²) in [6, 6.07) is 19.2. The van der Waals surface area contributed by atoms with E-state index in [4.69, 9.17) is 0 Å². The molecule has 0 bridgehead atoms. The fourth-order valence-electron chi connectivity index (χ4n) is 18.6. The molecule has 2 amide bonds. The molecule has 6 heteroatoms. The Morgan fingerprint density at radius 3 is 0.398 bits per heavy atom. The maximum atomic E-state index is 13.6. The maximum absolute atomic E-state index is 13.6. The number of benzene rings is 2. The lowest BCUT2D eigenvalue weighted by atomic mass is 9.87. The second kappa shape index (κ2) is 86.8. The lowest BCUT2D eigenvalue weighted by Crippen LogP contribution is -2.62. The molecule has 0 heterocycles. The fourth-order valence-corrected chi connectivity index (χ4v) is 18.6. The number of unbranched alkanes of at least 4 members (excludes halogenated alkanes) is 86. The van der Waals surface area contributed by atoms with Gasteiger partial charge in [0.1, 0.15) is 0 Å². The normalized spacial score (nSPS) is 11.8. The van der Waals surface area contributed by atoms with E-state index >= 15 is 0 Å². The van der Waals surface area contributed by atoms with Crippen LogP contribution in [0, 0.1) is 0 Å². The van der Waals surface area contributed by atoms with Gasteiger partial charge in [-0.05, 0) is 12.8 Å². The van der Waals surface area contributed by atoms with Crippen LogP contribution in [0.15, 0.2) is 60.7 Å². The van der Waals surface area contributed by atoms with Gasteiger partial charge in [0.2, 0.25) is 0 Å². The molecule has 0 spiro atoms. The SMILES string of the molecule is CCCCCCCCCCCCCCCCCCCCCCCCCCCCCCCCCCCCCCCCCCCCCCN(C(=O)O)C(c1ccccc1)(c1ccccc1)N(CCCCCCCCCCCCCCCCCCCCCCCCCCCCCCCCCCCCCCCCCCCCCC)C(=O)O. The van der Waals surface area contributed by atoms with Gasteiger partial charge in [-0.1, -0.05) is 627 Å². The Balaban J connectivity index is 1.41. The monoisotopic (exact) mass is 1580 g/mol. The van der Waals surface area contributed by atoms with Crippen molar-refractivity contribution in [3.63, 3.8) is 0 Å². The number of amides is 2. The number of hydrogen-bond donors (Lipinski definition) is 2. The van der Waals surface area contributed by atoms with Crippen LogP contribution in [0.3, 0.4) is 0 Å². The Labute approximate surface area is 707 Å². The number of carboxylic acid groups (broad SMARTS) is 2. The van der Waals surface area contributed by atoms with E-state index in [0.29, 0.717) is 24.0 Å². The van der Waals surface area contributed by atoms with Crippen LogP contribution in [0.2, 0.25) is 0 Å². The van der Waals surface area contributed by atoms with E-state index < -0.39 is 17.8 Å². The maximum Gasteiger partial charge on any atom is 0.409 e. The Morgan fingerprint density at radius 1 is 0.186 bits per heavy atom. The predicted octanol–water partition coefficient (Wildman–Crippen LogP) is 38.2. The summed E-state index contributed by atoms with van der Waals surface area (Å²) in [4.78, 5) is 30.1. The van der Waals surface area contributed by atoms with Crippen molar-refractivity contribution in [2.24, 2.45) is 0 Å². The Kier molecular flexibility index (Phi) is 81.5. The van der Waals surface area contributed by atoms with Crippen molar-refractivity contribution in [2.45, 2.75) is 585 Å². The molecule has 0 unspecified atom stereocenters. The molecular formula is C107H198N2O4. The first-order valence-electron chi connectivity index (χ1n) is 52.1. The zero-order chi connectivity index (χ0) is 80.7. The lowest BCUT2D eigenvalue weighted by Gasteiger charge is -2.49. The molecule has 0 aliphatic heterocycles. The average molecular weight is 1580 g/mol. The molecule has 0 saturated carbocycles. The summed E-state index contributed by atoms with van der Waals surface area (Å²) in [5.41, 5.74) is -0.163. The molecule has 2 aromatic rings. The highest BCUT2D eigenvalue weighted by Gasteiger charge is 2.50. The van der Waals surface area contributed by atoms with Crippen molar-refractivity contribution >= 4 is 12.2 Å². The predicted molar refractivity (Wildman–Crippen MR) is 501 cm³/mol. The van der Waals surface area contributed by atoms with Crippen LogP contribution in [0.1, 0.15) is 590 Å². The van der Waals surface area contributed by atoms with Gasteiger partial charge in [-0.15, -0.1) is 0 Å². The molecule has 0 atom stereocenters. The van der Waals surface area contributed by atoms with Gasteiger partial charge in [0, 0.05) is 24.2 Å². The standard InChI is InChI=1S/C107H198N2O4/c1-3-5-7-9-11-13-15-17-19-21-23-25-27-29-31-33-35-37-39-41-43-45-47-49-51-53-55-57-59-61-63-65-67-69-71-73-75-77-79-81-83-85-87-95-101-108(105(110)111)107(103-97-91-89-92-98-103,104-99-93-90-94-100-104)109(106(112)113)102-96-88-86-84-82-80-78-76-74-72-70-68-66-64-62-60-58-56-54-52-50-48-46-44-42-40-38-36-34-32-30-28-26-24-22-20-18-16-14-12-10-8-6-4-2/h89-94,97-100H,3-88,95-96,101-102H2,1-2H3,(H,110,111)(H,112,113). The third-order valence-electron chi connectivity index (χ3n) is 26.1. The Bertz CT molecular complexity index is 2020. The molecule has 113 heavy (non-hydrogen) atoms. The quantitative estimate of drug-likeness (QED) is 0.0511. The molecule has 6 nitrogen and oxygen atoms in total. The lowest BCUT2D eigenvalue weighted by molar-refractivity contribution is -0.0128. The third-order valence-corrected chi connectivity index (χ3v) is 26.1. The van der Waals surface area contributed by atoms with Gasteiger partial charge >= 0.3 is 12.2 Å². The Morgan fingerprint density at radius 2 is 0.292 bits per heavy atom. The summed E-state index contributed by atoms with van der Waals surface area (Å²) in [7, 11) is 0. The smallest absolute Gasteiger partial charge is 0.409 e. The van der Waals surface area contributed by atoms with E-state index in [-0.39, 0.29) is 13.1 Å². The molecule has 0 radical (unpaired) electrons. The minimum atomic E-state index is -1.51. The van der Waals surface area contributed by atoms with Crippen molar-refractivity contribution in [1.29, 1.82) is 0 Å². The van der Waals surface area contributed by atoms with E-state index in [1.807, 2.05) is 60.7 Å². The van der Waals surface area contributed by atoms with Gasteiger partial charge in [-0.3, -0.25) is 9.80 Å². The first-order valence-corrected chi connectivity index (χ1v) is 52.1. The highest BCUT2D eigenvalue weighted by molar-refractivity contribution is 5.73. The summed E-state index contributed by atoms with van der Waals surface area (Å²) >= 11 is 0. The van der Waals surface area contributed by atoms with Crippen LogP contribution in [0.25, 0.3) is 0 Å². The molecule has 0 fully saturated rings. The molecular weight excluding hydrogens is 1380 g/mol. The van der Waals surface area contributed by atoms with Gasteiger partial charge in [0.05, 0.1) is 0 Å². The van der Waals surface area contributed by atoms with Gasteiger partial charge in [-0.2, -0.15) is 0 Å². The summed E-state index contributed by atoms with van der Waals surface area (Å²) in [6.45, 7) is 5.15. The Hall–Kier alpha value is -3.02. The summed E-state index contributed by atoms with van der Waals surface area (Å²) in [6.07, 6.45) is 120. The van der Waals surface area contributed by atoms with E-state index in [9.17, 15) is 19.8 Å². The zero-order valence-corrected chi connectivity index (χ0v) is 76.5. The van der Waals surface area contributed by atoms with Crippen molar-refractivity contribution in [3.8, 4) is 0 Å². The van der Waals surface area contributed by atoms with Gasteiger partial charge in [0.25, 0.3) is 0 Å². The van der Waals surface area contributed by atoms with Crippen LogP contribution in [-0.2, 0) is 5.66 Å². The topological polar surface area (TPSA) is 81.1 Å². The highest BCUT2D eigenvalue weighted by atomic mass is 16.4. The van der Waals surface area contributed by atoms with Crippen LogP contribution >= 0.6 is 0 Å². The summed E-state index contributed by atoms with van der Waals surface area (Å²) in [5.74, 6) is 0. The van der Waals surface area contributed by atoms with Crippen molar-refractivity contribution in [2.75, 3.05) is 13.1 Å². The average Bonchev–Trinajstić information content (AvgIpc) is 0.735. The molecule has 2 rings (SSSR count). The molecule has 0 aromatic heterocycles. The minimum absolute atomic E-state index is 0.266. The van der Waals surface area contributed by atoms with Crippen LogP contribution < -0.4 is 0 Å². The number of rotatable bonds is 94. The second-order valence-corrected chi connectivity index (χ2v) is 36.7. The van der Waals surface area contributed by atoms with Crippen LogP contribution in [0.5, 0.6) is 0 Å². The number of hydrogen-bond acceptors (Lipinski definition) is 2. The molecule has 0 aliphatic carbocycles. The number of nitrogens with zero attached hydrogens (tertiary/aromatic N) is 2.